The highest BCUT2D eigenvalue weighted by Gasteiger charge is 1.70. The standard InChI is InChI=1S/4C2H6OSi/c4*1-4(2)3/h4*1-2H3. The minimum atomic E-state index is -1.13. The number of rotatable bonds is 0. The Bertz CT molecular complexity index is 164. The highest BCUT2D eigenvalue weighted by Crippen LogP contribution is 1.51. The van der Waals surface area contributed by atoms with Crippen LogP contribution in [-0.4, -0.2) is 34.7 Å². The average Bonchev–Trinajstić information content (AvgIpc) is 1.76. The molecule has 0 aromatic carbocycles. The summed E-state index contributed by atoms with van der Waals surface area (Å²) in [7, 11) is -4.52. The molecule has 0 saturated carbocycles. The van der Waals surface area contributed by atoms with Gasteiger partial charge in [0.1, 0.15) is 0 Å². The lowest BCUT2D eigenvalue weighted by Gasteiger charge is -1.51. The second kappa shape index (κ2) is 20.5. The van der Waals surface area contributed by atoms with Gasteiger partial charge in [-0.2, -0.15) is 0 Å². The highest BCUT2D eigenvalue weighted by molar-refractivity contribution is 6.39. The molecule has 0 bridgehead atoms. The van der Waals surface area contributed by atoms with E-state index in [0.29, 0.717) is 0 Å². The molecule has 8 heteroatoms. The Hall–Kier alpha value is 0.0675. The monoisotopic (exact) mass is 296 g/mol. The molecule has 0 heterocycles. The van der Waals surface area contributed by atoms with Crippen molar-refractivity contribution in [2.75, 3.05) is 0 Å². The molecule has 0 radical (unpaired) electrons. The van der Waals surface area contributed by atoms with Gasteiger partial charge in [0.05, 0.1) is 0 Å². The molecule has 0 fully saturated rings. The third-order valence-corrected chi connectivity index (χ3v) is 0. The van der Waals surface area contributed by atoms with E-state index in [1.807, 2.05) is 0 Å². The molecule has 4 nitrogen and oxygen atoms in total. The first-order chi connectivity index (χ1) is 6.93. The molecule has 0 amide bonds. The van der Waals surface area contributed by atoms with Crippen LogP contribution in [0.4, 0.5) is 0 Å². The van der Waals surface area contributed by atoms with Crippen molar-refractivity contribution >= 4 is 34.7 Å². The summed E-state index contributed by atoms with van der Waals surface area (Å²) in [5.41, 5.74) is 0. The van der Waals surface area contributed by atoms with Gasteiger partial charge in [-0.05, 0) is 52.4 Å². The van der Waals surface area contributed by atoms with Gasteiger partial charge < -0.3 is 17.8 Å². The van der Waals surface area contributed by atoms with Crippen molar-refractivity contribution in [2.45, 2.75) is 52.4 Å². The Labute approximate surface area is 105 Å². The molecule has 16 heavy (non-hydrogen) atoms. The van der Waals surface area contributed by atoms with Crippen LogP contribution in [0.15, 0.2) is 0 Å². The molecule has 96 valence electrons. The third kappa shape index (κ3) is 527000. The first kappa shape index (κ1) is 25.0. The minimum absolute atomic E-state index is 1.13. The van der Waals surface area contributed by atoms with Crippen LogP contribution in [0.3, 0.4) is 0 Å². The van der Waals surface area contributed by atoms with E-state index in [0.717, 1.165) is 0 Å². The van der Waals surface area contributed by atoms with Crippen molar-refractivity contribution < 1.29 is 17.8 Å². The molecule has 0 N–H and O–H groups in total. The summed E-state index contributed by atoms with van der Waals surface area (Å²) >= 11 is 0. The predicted octanol–water partition coefficient (Wildman–Crippen LogP) is 2.67. The van der Waals surface area contributed by atoms with E-state index in [-0.39, 0.29) is 0 Å². The molecular weight excluding hydrogens is 272 g/mol. The van der Waals surface area contributed by atoms with E-state index < -0.39 is 34.7 Å². The normalized spacial score (nSPS) is 6.50. The summed E-state index contributed by atoms with van der Waals surface area (Å²) < 4.78 is 38.5. The van der Waals surface area contributed by atoms with Crippen molar-refractivity contribution in [3.05, 3.63) is 0 Å². The van der Waals surface area contributed by atoms with E-state index >= 15 is 0 Å². The number of hydrogen-bond donors (Lipinski definition) is 0. The van der Waals surface area contributed by atoms with Gasteiger partial charge >= 0.3 is 0 Å². The largest absolute Gasteiger partial charge is 0.389 e. The molecule has 0 aliphatic heterocycles. The van der Waals surface area contributed by atoms with Crippen molar-refractivity contribution in [1.82, 2.24) is 0 Å². The molecule has 0 aliphatic carbocycles. The highest BCUT2D eigenvalue weighted by atomic mass is 28.3. The molecule has 0 aliphatic rings. The fraction of sp³-hybridized carbons (Fsp3) is 1.00. The van der Waals surface area contributed by atoms with Gasteiger partial charge in [-0.3, -0.25) is 0 Å². The number of hydrogen-bond acceptors (Lipinski definition) is 4. The average molecular weight is 297 g/mol. The van der Waals surface area contributed by atoms with Gasteiger partial charge in [-0.25, -0.2) is 0 Å². The summed E-state index contributed by atoms with van der Waals surface area (Å²) in [6.07, 6.45) is 0. The van der Waals surface area contributed by atoms with Crippen molar-refractivity contribution in [3.8, 4) is 0 Å². The Kier molecular flexibility index (Phi) is 32.1. The van der Waals surface area contributed by atoms with E-state index in [1.54, 1.807) is 52.4 Å². The summed E-state index contributed by atoms with van der Waals surface area (Å²) in [4.78, 5) is 0. The molecular formula is C8H24O4Si4. The molecule has 0 saturated heterocycles. The predicted molar refractivity (Wildman–Crippen MR) is 72.7 cm³/mol. The zero-order valence-corrected chi connectivity index (χ0v) is 15.6. The van der Waals surface area contributed by atoms with E-state index in [4.69, 9.17) is 0 Å². The van der Waals surface area contributed by atoms with Crippen molar-refractivity contribution in [1.29, 1.82) is 0 Å². The lowest BCUT2D eigenvalue weighted by Crippen LogP contribution is -1.72. The van der Waals surface area contributed by atoms with Crippen LogP contribution in [0, 0.1) is 0 Å². The van der Waals surface area contributed by atoms with Gasteiger partial charge in [-0.1, -0.05) is 0 Å². The van der Waals surface area contributed by atoms with Crippen molar-refractivity contribution in [2.24, 2.45) is 0 Å². The lowest BCUT2D eigenvalue weighted by molar-refractivity contribution is 0.568. The molecule has 0 atom stereocenters. The fourth-order valence-electron chi connectivity index (χ4n) is 0. The third-order valence-electron chi connectivity index (χ3n) is 0. The maximum Gasteiger partial charge on any atom is 0.270 e. The van der Waals surface area contributed by atoms with Crippen LogP contribution in [0.25, 0.3) is 0 Å². The Morgan fingerprint density at radius 2 is 0.375 bits per heavy atom. The summed E-state index contributed by atoms with van der Waals surface area (Å²) in [6, 6.07) is 0. The molecule has 0 aromatic rings. The van der Waals surface area contributed by atoms with Crippen LogP contribution in [0.2, 0.25) is 52.4 Å². The molecule has 0 spiro atoms. The first-order valence-electron chi connectivity index (χ1n) is 4.82. The Balaban J connectivity index is -0.0000000600. The zero-order valence-electron chi connectivity index (χ0n) is 11.6. The molecule has 0 unspecified atom stereocenters. The second-order valence-corrected chi connectivity index (χ2v) is 10.9. The van der Waals surface area contributed by atoms with Crippen LogP contribution in [-0.2, 0) is 17.8 Å². The first-order valence-corrected chi connectivity index (χ1v) is 14.4. The second-order valence-electron chi connectivity index (χ2n) is 3.63. The summed E-state index contributed by atoms with van der Waals surface area (Å²) in [5, 5.41) is 0. The topological polar surface area (TPSA) is 68.3 Å². The van der Waals surface area contributed by atoms with Crippen LogP contribution < -0.4 is 0 Å². The Morgan fingerprint density at radius 1 is 0.375 bits per heavy atom. The smallest absolute Gasteiger partial charge is 0.270 e. The van der Waals surface area contributed by atoms with E-state index in [2.05, 4.69) is 0 Å². The van der Waals surface area contributed by atoms with E-state index in [1.165, 1.54) is 0 Å². The van der Waals surface area contributed by atoms with Crippen LogP contribution in [0.5, 0.6) is 0 Å². The SMILES string of the molecule is C[Si](C)=O.C[Si](C)=O.C[Si](C)=O.C[Si](C)=O. The van der Waals surface area contributed by atoms with Gasteiger partial charge in [0.15, 0.2) is 0 Å². The van der Waals surface area contributed by atoms with Crippen molar-refractivity contribution in [3.63, 3.8) is 0 Å². The maximum absolute atomic E-state index is 9.63. The van der Waals surface area contributed by atoms with Gasteiger partial charge in [-0.15, -0.1) is 0 Å². The summed E-state index contributed by atoms with van der Waals surface area (Å²) in [6.45, 7) is 13.7. The molecule has 0 rings (SSSR count). The van der Waals surface area contributed by atoms with Gasteiger partial charge in [0.2, 0.25) is 0 Å². The zero-order chi connectivity index (χ0) is 14.3. The van der Waals surface area contributed by atoms with Gasteiger partial charge in [0, 0.05) is 0 Å². The summed E-state index contributed by atoms with van der Waals surface area (Å²) in [5.74, 6) is 0. The minimum Gasteiger partial charge on any atom is -0.389 e. The quantitative estimate of drug-likeness (QED) is 0.644. The Morgan fingerprint density at radius 3 is 0.375 bits per heavy atom. The lowest BCUT2D eigenvalue weighted by atomic mass is 11.9. The molecule has 0 aromatic heterocycles. The van der Waals surface area contributed by atoms with Crippen LogP contribution >= 0.6 is 0 Å². The van der Waals surface area contributed by atoms with E-state index in [9.17, 15) is 17.8 Å². The van der Waals surface area contributed by atoms with Gasteiger partial charge in [0.25, 0.3) is 34.7 Å². The van der Waals surface area contributed by atoms with Crippen LogP contribution in [0.1, 0.15) is 0 Å². The fourth-order valence-corrected chi connectivity index (χ4v) is 0. The maximum atomic E-state index is 9.63.